The molecule has 88 valence electrons. The van der Waals surface area contributed by atoms with Crippen molar-refractivity contribution in [2.75, 3.05) is 6.54 Å². The Bertz CT molecular complexity index is 382. The average Bonchev–Trinajstić information content (AvgIpc) is 2.21. The van der Waals surface area contributed by atoms with Crippen LogP contribution in [0.2, 0.25) is 5.02 Å². The zero-order chi connectivity index (χ0) is 12.1. The molecule has 1 aromatic carbocycles. The molecular weight excluding hydrogens is 338 g/mol. The largest absolute Gasteiger partial charge is 0.352 e. The molecule has 0 saturated carbocycles. The van der Waals surface area contributed by atoms with Crippen molar-refractivity contribution in [3.63, 3.8) is 0 Å². The van der Waals surface area contributed by atoms with Crippen LogP contribution in [-0.2, 0) is 0 Å². The minimum atomic E-state index is -0.112. The van der Waals surface area contributed by atoms with E-state index in [1.165, 1.54) is 0 Å². The first-order valence-electron chi connectivity index (χ1n) is 4.99. The summed E-state index contributed by atoms with van der Waals surface area (Å²) < 4.78 is 0.936. The van der Waals surface area contributed by atoms with Crippen LogP contribution < -0.4 is 11.1 Å². The Kier molecular flexibility index (Phi) is 5.51. The topological polar surface area (TPSA) is 55.1 Å². The second kappa shape index (κ2) is 6.42. The van der Waals surface area contributed by atoms with Crippen LogP contribution in [0.5, 0.6) is 0 Å². The van der Waals surface area contributed by atoms with Crippen molar-refractivity contribution in [1.29, 1.82) is 0 Å². The second-order valence-corrected chi connectivity index (χ2v) is 5.22. The van der Waals surface area contributed by atoms with E-state index in [-0.39, 0.29) is 11.9 Å². The van der Waals surface area contributed by atoms with E-state index < -0.39 is 0 Å². The van der Waals surface area contributed by atoms with Gasteiger partial charge in [-0.25, -0.2) is 0 Å². The van der Waals surface area contributed by atoms with Crippen LogP contribution in [0.25, 0.3) is 0 Å². The maximum absolute atomic E-state index is 11.7. The quantitative estimate of drug-likeness (QED) is 0.818. The van der Waals surface area contributed by atoms with E-state index in [0.29, 0.717) is 17.1 Å². The standard InChI is InChI=1S/C11H14ClIN2O/c1-7(14)4-5-15-11(16)8-2-3-10(13)9(12)6-8/h2-3,6-7H,4-5,14H2,1H3,(H,15,16). The molecule has 1 atom stereocenters. The van der Waals surface area contributed by atoms with E-state index in [9.17, 15) is 4.79 Å². The molecule has 0 aromatic heterocycles. The average molecular weight is 353 g/mol. The summed E-state index contributed by atoms with van der Waals surface area (Å²) >= 11 is 8.06. The molecule has 0 aliphatic rings. The zero-order valence-electron chi connectivity index (χ0n) is 8.97. The van der Waals surface area contributed by atoms with Crippen LogP contribution in [-0.4, -0.2) is 18.5 Å². The number of nitrogens with one attached hydrogen (secondary N) is 1. The molecule has 1 rings (SSSR count). The lowest BCUT2D eigenvalue weighted by atomic mass is 10.2. The normalized spacial score (nSPS) is 12.2. The highest BCUT2D eigenvalue weighted by molar-refractivity contribution is 14.1. The zero-order valence-corrected chi connectivity index (χ0v) is 11.9. The van der Waals surface area contributed by atoms with E-state index >= 15 is 0 Å². The summed E-state index contributed by atoms with van der Waals surface area (Å²) in [7, 11) is 0. The summed E-state index contributed by atoms with van der Waals surface area (Å²) in [6.45, 7) is 2.49. The van der Waals surface area contributed by atoms with Crippen molar-refractivity contribution in [2.45, 2.75) is 19.4 Å². The number of halogens is 2. The van der Waals surface area contributed by atoms with Gasteiger partial charge in [-0.05, 0) is 54.1 Å². The SMILES string of the molecule is CC(N)CCNC(=O)c1ccc(I)c(Cl)c1. The monoisotopic (exact) mass is 352 g/mol. The lowest BCUT2D eigenvalue weighted by Crippen LogP contribution is -2.28. The highest BCUT2D eigenvalue weighted by atomic mass is 127. The Balaban J connectivity index is 2.56. The Labute approximate surface area is 114 Å². The smallest absolute Gasteiger partial charge is 0.251 e. The van der Waals surface area contributed by atoms with Crippen molar-refractivity contribution >= 4 is 40.1 Å². The van der Waals surface area contributed by atoms with Gasteiger partial charge in [0, 0.05) is 21.7 Å². The molecule has 1 unspecified atom stereocenters. The van der Waals surface area contributed by atoms with Crippen molar-refractivity contribution in [2.24, 2.45) is 5.73 Å². The molecule has 0 saturated heterocycles. The van der Waals surface area contributed by atoms with E-state index in [0.717, 1.165) is 9.99 Å². The molecule has 0 aliphatic carbocycles. The number of carbonyl (C=O) groups is 1. The molecule has 0 radical (unpaired) electrons. The third-order valence-electron chi connectivity index (χ3n) is 2.07. The predicted molar refractivity (Wildman–Crippen MR) is 74.8 cm³/mol. The van der Waals surface area contributed by atoms with Crippen molar-refractivity contribution in [3.8, 4) is 0 Å². The van der Waals surface area contributed by atoms with Crippen LogP contribution in [0.15, 0.2) is 18.2 Å². The summed E-state index contributed by atoms with van der Waals surface area (Å²) in [6.07, 6.45) is 0.768. The molecule has 3 N–H and O–H groups in total. The Morgan fingerprint density at radius 3 is 2.88 bits per heavy atom. The summed E-state index contributed by atoms with van der Waals surface area (Å²) in [5.41, 5.74) is 6.17. The molecule has 0 bridgehead atoms. The summed E-state index contributed by atoms with van der Waals surface area (Å²) in [5, 5.41) is 3.39. The molecule has 0 spiro atoms. The number of rotatable bonds is 4. The molecular formula is C11H14ClIN2O. The van der Waals surface area contributed by atoms with Crippen LogP contribution >= 0.6 is 34.2 Å². The molecule has 3 nitrogen and oxygen atoms in total. The van der Waals surface area contributed by atoms with Crippen molar-refractivity contribution in [1.82, 2.24) is 5.32 Å². The van der Waals surface area contributed by atoms with Gasteiger partial charge >= 0.3 is 0 Å². The Morgan fingerprint density at radius 2 is 2.31 bits per heavy atom. The fourth-order valence-electron chi connectivity index (χ4n) is 1.15. The van der Waals surface area contributed by atoms with Crippen LogP contribution in [0.4, 0.5) is 0 Å². The van der Waals surface area contributed by atoms with Gasteiger partial charge in [0.1, 0.15) is 0 Å². The molecule has 0 fully saturated rings. The van der Waals surface area contributed by atoms with E-state index in [1.807, 2.05) is 13.0 Å². The van der Waals surface area contributed by atoms with Gasteiger partial charge in [0.05, 0.1) is 5.02 Å². The number of amides is 1. The van der Waals surface area contributed by atoms with Gasteiger partial charge in [-0.2, -0.15) is 0 Å². The fourth-order valence-corrected chi connectivity index (χ4v) is 1.67. The van der Waals surface area contributed by atoms with Crippen LogP contribution in [0, 0.1) is 3.57 Å². The van der Waals surface area contributed by atoms with E-state index in [2.05, 4.69) is 27.9 Å². The van der Waals surface area contributed by atoms with Gasteiger partial charge in [-0.1, -0.05) is 11.6 Å². The highest BCUT2D eigenvalue weighted by Crippen LogP contribution is 2.19. The minimum Gasteiger partial charge on any atom is -0.352 e. The third-order valence-corrected chi connectivity index (χ3v) is 3.64. The van der Waals surface area contributed by atoms with Crippen molar-refractivity contribution in [3.05, 3.63) is 32.4 Å². The third kappa shape index (κ3) is 4.27. The lowest BCUT2D eigenvalue weighted by molar-refractivity contribution is 0.0953. The lowest BCUT2D eigenvalue weighted by Gasteiger charge is -2.07. The maximum atomic E-state index is 11.7. The van der Waals surface area contributed by atoms with E-state index in [4.69, 9.17) is 17.3 Å². The number of hydrogen-bond donors (Lipinski definition) is 2. The number of carbonyl (C=O) groups excluding carboxylic acids is 1. The molecule has 0 heterocycles. The first-order chi connectivity index (χ1) is 7.50. The summed E-state index contributed by atoms with van der Waals surface area (Å²) in [5.74, 6) is -0.112. The molecule has 1 aromatic rings. The van der Waals surface area contributed by atoms with Gasteiger partial charge in [-0.15, -0.1) is 0 Å². The molecule has 1 amide bonds. The maximum Gasteiger partial charge on any atom is 0.251 e. The van der Waals surface area contributed by atoms with Gasteiger partial charge in [0.25, 0.3) is 5.91 Å². The van der Waals surface area contributed by atoms with Crippen molar-refractivity contribution < 1.29 is 4.79 Å². The molecule has 0 aliphatic heterocycles. The van der Waals surface area contributed by atoms with Gasteiger partial charge in [-0.3, -0.25) is 4.79 Å². The molecule has 5 heteroatoms. The van der Waals surface area contributed by atoms with E-state index in [1.54, 1.807) is 12.1 Å². The fraction of sp³-hybridized carbons (Fsp3) is 0.364. The van der Waals surface area contributed by atoms with Gasteiger partial charge in [0.2, 0.25) is 0 Å². The number of benzene rings is 1. The first kappa shape index (κ1) is 13.7. The van der Waals surface area contributed by atoms with Gasteiger partial charge in [0.15, 0.2) is 0 Å². The Hall–Kier alpha value is -0.330. The van der Waals surface area contributed by atoms with Crippen LogP contribution in [0.3, 0.4) is 0 Å². The highest BCUT2D eigenvalue weighted by Gasteiger charge is 2.07. The summed E-state index contributed by atoms with van der Waals surface area (Å²) in [4.78, 5) is 11.7. The Morgan fingerprint density at radius 1 is 1.62 bits per heavy atom. The molecule has 16 heavy (non-hydrogen) atoms. The summed E-state index contributed by atoms with van der Waals surface area (Å²) in [6, 6.07) is 5.35. The van der Waals surface area contributed by atoms with Crippen LogP contribution in [0.1, 0.15) is 23.7 Å². The number of nitrogens with two attached hydrogens (primary N) is 1. The first-order valence-corrected chi connectivity index (χ1v) is 6.45. The minimum absolute atomic E-state index is 0.0978. The predicted octanol–water partition coefficient (Wildman–Crippen LogP) is 2.41. The van der Waals surface area contributed by atoms with Gasteiger partial charge < -0.3 is 11.1 Å². The second-order valence-electron chi connectivity index (χ2n) is 3.65. The number of hydrogen-bond acceptors (Lipinski definition) is 2.